The van der Waals surface area contributed by atoms with Crippen LogP contribution in [0.5, 0.6) is 5.75 Å². The van der Waals surface area contributed by atoms with Gasteiger partial charge in [0, 0.05) is 48.7 Å². The van der Waals surface area contributed by atoms with Crippen molar-refractivity contribution in [3.8, 4) is 11.4 Å². The molecule has 178 valence electrons. The minimum atomic E-state index is -0.123. The van der Waals surface area contributed by atoms with Crippen molar-refractivity contribution in [3.05, 3.63) is 102 Å². The van der Waals surface area contributed by atoms with Crippen molar-refractivity contribution in [2.45, 2.75) is 25.9 Å². The van der Waals surface area contributed by atoms with Gasteiger partial charge in [0.25, 0.3) is 0 Å². The van der Waals surface area contributed by atoms with Gasteiger partial charge in [-0.25, -0.2) is 0 Å². The van der Waals surface area contributed by atoms with Crippen molar-refractivity contribution < 1.29 is 5.11 Å². The Morgan fingerprint density at radius 3 is 2.26 bits per heavy atom. The summed E-state index contributed by atoms with van der Waals surface area (Å²) in [5.41, 5.74) is 7.62. The Hall–Kier alpha value is -3.84. The highest BCUT2D eigenvalue weighted by Crippen LogP contribution is 2.44. The van der Waals surface area contributed by atoms with Crippen molar-refractivity contribution in [3.63, 3.8) is 0 Å². The molecule has 2 unspecified atom stereocenters. The number of pyridine rings is 1. The van der Waals surface area contributed by atoms with Crippen LogP contribution in [0, 0.1) is 13.8 Å². The Morgan fingerprint density at radius 1 is 0.943 bits per heavy atom. The van der Waals surface area contributed by atoms with E-state index in [0.29, 0.717) is 5.11 Å². The molecule has 2 aromatic heterocycles. The van der Waals surface area contributed by atoms with Crippen LogP contribution >= 0.6 is 12.2 Å². The highest BCUT2D eigenvalue weighted by Gasteiger charge is 2.42. The molecule has 5 rings (SSSR count). The van der Waals surface area contributed by atoms with Crippen LogP contribution in [0.15, 0.2) is 79.0 Å². The molecule has 4 aromatic rings. The predicted octanol–water partition coefficient (Wildman–Crippen LogP) is 5.44. The fourth-order valence-electron chi connectivity index (χ4n) is 4.95. The van der Waals surface area contributed by atoms with Crippen LogP contribution in [0.25, 0.3) is 5.69 Å². The van der Waals surface area contributed by atoms with Gasteiger partial charge in [-0.15, -0.1) is 0 Å². The Morgan fingerprint density at radius 2 is 1.63 bits per heavy atom. The second-order valence-electron chi connectivity index (χ2n) is 9.09. The maximum Gasteiger partial charge on any atom is 0.174 e. The molecule has 6 nitrogen and oxygen atoms in total. The van der Waals surface area contributed by atoms with Gasteiger partial charge in [0.1, 0.15) is 5.75 Å². The Bertz CT molecular complexity index is 1350. The summed E-state index contributed by atoms with van der Waals surface area (Å²) in [5.74, 6) is 0.226. The number of hydrogen-bond donors (Lipinski definition) is 2. The molecular weight excluding hydrogens is 454 g/mol. The quantitative estimate of drug-likeness (QED) is 0.369. The van der Waals surface area contributed by atoms with E-state index in [-0.39, 0.29) is 17.8 Å². The summed E-state index contributed by atoms with van der Waals surface area (Å²) in [4.78, 5) is 8.89. The topological polar surface area (TPSA) is 56.6 Å². The van der Waals surface area contributed by atoms with Crippen molar-refractivity contribution >= 4 is 28.7 Å². The molecule has 2 atom stereocenters. The number of thiocarbonyl (C=S) groups is 1. The third-order valence-corrected chi connectivity index (χ3v) is 6.95. The molecule has 0 saturated carbocycles. The second kappa shape index (κ2) is 9.07. The first-order valence-corrected chi connectivity index (χ1v) is 12.0. The maximum atomic E-state index is 9.86. The predicted molar refractivity (Wildman–Crippen MR) is 146 cm³/mol. The van der Waals surface area contributed by atoms with E-state index in [1.54, 1.807) is 12.1 Å². The first-order chi connectivity index (χ1) is 16.8. The number of phenols is 1. The zero-order valence-electron chi connectivity index (χ0n) is 20.3. The highest BCUT2D eigenvalue weighted by atomic mass is 32.1. The fourth-order valence-corrected chi connectivity index (χ4v) is 5.29. The second-order valence-corrected chi connectivity index (χ2v) is 9.47. The molecule has 1 aliphatic heterocycles. The average Bonchev–Trinajstić information content (AvgIpc) is 3.35. The molecular formula is C28H29N5OS. The fraction of sp³-hybridized carbons (Fsp3) is 0.214. The average molecular weight is 484 g/mol. The summed E-state index contributed by atoms with van der Waals surface area (Å²) in [5, 5.41) is 14.0. The van der Waals surface area contributed by atoms with E-state index in [4.69, 9.17) is 12.2 Å². The Labute approximate surface area is 211 Å². The molecule has 0 radical (unpaired) electrons. The lowest BCUT2D eigenvalue weighted by Crippen LogP contribution is -2.29. The van der Waals surface area contributed by atoms with Crippen LogP contribution in [0.1, 0.15) is 34.7 Å². The third-order valence-electron chi connectivity index (χ3n) is 6.64. The van der Waals surface area contributed by atoms with Crippen molar-refractivity contribution in [1.82, 2.24) is 14.9 Å². The molecule has 1 saturated heterocycles. The summed E-state index contributed by atoms with van der Waals surface area (Å²) in [6.45, 7) is 4.30. The van der Waals surface area contributed by atoms with E-state index in [2.05, 4.69) is 68.8 Å². The first kappa shape index (κ1) is 22.9. The lowest BCUT2D eigenvalue weighted by Gasteiger charge is -2.28. The number of benzene rings is 2. The Kier molecular flexibility index (Phi) is 5.94. The summed E-state index contributed by atoms with van der Waals surface area (Å²) in [7, 11) is 4.09. The largest absolute Gasteiger partial charge is 0.508 e. The van der Waals surface area contributed by atoms with Crippen LogP contribution in [0.3, 0.4) is 0 Å². The van der Waals surface area contributed by atoms with Gasteiger partial charge >= 0.3 is 0 Å². The van der Waals surface area contributed by atoms with Crippen LogP contribution in [-0.4, -0.2) is 33.9 Å². The summed E-state index contributed by atoms with van der Waals surface area (Å²) in [6, 6.07) is 23.8. The zero-order valence-corrected chi connectivity index (χ0v) is 21.1. The molecule has 3 heterocycles. The number of anilines is 2. The van der Waals surface area contributed by atoms with E-state index in [9.17, 15) is 5.11 Å². The lowest BCUT2D eigenvalue weighted by atomic mass is 9.96. The molecule has 2 aromatic carbocycles. The SMILES string of the molecule is Cc1cc(C2C(c3ccccn3)NC(=S)N2c2ccc(O)cc2)c(C)n1-c1ccc(N(C)C)cc1. The number of nitrogens with one attached hydrogen (secondary N) is 1. The number of phenolic OH excluding ortho intramolecular Hbond substituents is 1. The smallest absolute Gasteiger partial charge is 0.174 e. The third kappa shape index (κ3) is 4.12. The normalized spacial score (nSPS) is 17.5. The van der Waals surface area contributed by atoms with Crippen LogP contribution < -0.4 is 15.1 Å². The number of hydrogen-bond acceptors (Lipinski definition) is 4. The van der Waals surface area contributed by atoms with Crippen molar-refractivity contribution in [2.75, 3.05) is 23.9 Å². The monoisotopic (exact) mass is 483 g/mol. The van der Waals surface area contributed by atoms with Gasteiger partial charge in [-0.1, -0.05) is 6.07 Å². The molecule has 0 aliphatic carbocycles. The van der Waals surface area contributed by atoms with E-state index in [1.807, 2.05) is 50.6 Å². The molecule has 0 amide bonds. The number of nitrogens with zero attached hydrogens (tertiary/aromatic N) is 4. The molecule has 1 fully saturated rings. The van der Waals surface area contributed by atoms with E-state index < -0.39 is 0 Å². The summed E-state index contributed by atoms with van der Waals surface area (Å²) in [6.07, 6.45) is 1.82. The Balaban J connectivity index is 1.64. The van der Waals surface area contributed by atoms with Gasteiger partial charge in [0.15, 0.2) is 5.11 Å². The van der Waals surface area contributed by atoms with Gasteiger partial charge in [-0.2, -0.15) is 0 Å². The van der Waals surface area contributed by atoms with Gasteiger partial charge in [0.05, 0.1) is 17.8 Å². The van der Waals surface area contributed by atoms with Gasteiger partial charge in [-0.05, 0) is 98.4 Å². The number of aromatic hydroxyl groups is 1. The van der Waals surface area contributed by atoms with Gasteiger partial charge in [-0.3, -0.25) is 4.98 Å². The standard InChI is InChI=1S/C28H29N5OS/c1-18-17-24(19(2)32(18)21-10-8-20(9-11-21)31(3)4)27-26(25-7-5-6-16-29-25)30-28(35)33(27)22-12-14-23(34)15-13-22/h5-17,26-27,34H,1-4H3,(H,30,35). The molecule has 0 spiro atoms. The molecule has 2 N–H and O–H groups in total. The minimum Gasteiger partial charge on any atom is -0.508 e. The number of rotatable bonds is 5. The van der Waals surface area contributed by atoms with Gasteiger partial charge < -0.3 is 24.8 Å². The zero-order chi connectivity index (χ0) is 24.7. The van der Waals surface area contributed by atoms with Crippen LogP contribution in [0.2, 0.25) is 0 Å². The van der Waals surface area contributed by atoms with Gasteiger partial charge in [0.2, 0.25) is 0 Å². The summed E-state index contributed by atoms with van der Waals surface area (Å²) < 4.78 is 2.29. The molecule has 1 aliphatic rings. The van der Waals surface area contributed by atoms with E-state index in [1.165, 1.54) is 5.56 Å². The molecule has 35 heavy (non-hydrogen) atoms. The molecule has 0 bridgehead atoms. The van der Waals surface area contributed by atoms with Crippen LogP contribution in [-0.2, 0) is 0 Å². The minimum absolute atomic E-state index is 0.108. The lowest BCUT2D eigenvalue weighted by molar-refractivity contribution is 0.475. The van der Waals surface area contributed by atoms with Crippen molar-refractivity contribution in [1.29, 1.82) is 0 Å². The highest BCUT2D eigenvalue weighted by molar-refractivity contribution is 7.80. The van der Waals surface area contributed by atoms with Crippen molar-refractivity contribution in [2.24, 2.45) is 0 Å². The number of aromatic nitrogens is 2. The maximum absolute atomic E-state index is 9.86. The van der Waals surface area contributed by atoms with E-state index in [0.717, 1.165) is 34.1 Å². The number of aryl methyl sites for hydroxylation is 1. The van der Waals surface area contributed by atoms with Crippen LogP contribution in [0.4, 0.5) is 11.4 Å². The van der Waals surface area contributed by atoms with E-state index >= 15 is 0 Å². The first-order valence-electron chi connectivity index (χ1n) is 11.6. The summed E-state index contributed by atoms with van der Waals surface area (Å²) >= 11 is 5.84. The molecule has 7 heteroatoms.